The summed E-state index contributed by atoms with van der Waals surface area (Å²) in [6, 6.07) is 7.27. The Labute approximate surface area is 111 Å². The molecular weight excluding hydrogens is 255 g/mol. The van der Waals surface area contributed by atoms with Gasteiger partial charge in [-0.05, 0) is 24.0 Å². The van der Waals surface area contributed by atoms with Crippen LogP contribution in [0.4, 0.5) is 13.2 Å². The highest BCUT2D eigenvalue weighted by atomic mass is 19.4. The number of aliphatic hydroxyl groups is 1. The van der Waals surface area contributed by atoms with Gasteiger partial charge in [0.05, 0.1) is 18.7 Å². The quantitative estimate of drug-likeness (QED) is 0.865. The van der Waals surface area contributed by atoms with Crippen LogP contribution in [0.1, 0.15) is 37.8 Å². The Morgan fingerprint density at radius 1 is 1.16 bits per heavy atom. The molecular formula is C14H20F3NO. The van der Waals surface area contributed by atoms with Gasteiger partial charge >= 0.3 is 6.18 Å². The number of hydrogen-bond donors (Lipinski definition) is 2. The van der Waals surface area contributed by atoms with E-state index in [2.05, 4.69) is 5.32 Å². The van der Waals surface area contributed by atoms with Crippen molar-refractivity contribution in [3.63, 3.8) is 0 Å². The number of alkyl halides is 3. The molecule has 1 aromatic carbocycles. The van der Waals surface area contributed by atoms with E-state index in [0.717, 1.165) is 5.56 Å². The van der Waals surface area contributed by atoms with E-state index < -0.39 is 24.9 Å². The Morgan fingerprint density at radius 2 is 1.68 bits per heavy atom. The average molecular weight is 275 g/mol. The number of hydrogen-bond acceptors (Lipinski definition) is 2. The summed E-state index contributed by atoms with van der Waals surface area (Å²) in [5, 5.41) is 11.8. The highest BCUT2D eigenvalue weighted by molar-refractivity contribution is 5.29. The van der Waals surface area contributed by atoms with Crippen molar-refractivity contribution in [1.82, 2.24) is 5.32 Å². The van der Waals surface area contributed by atoms with Gasteiger partial charge in [0.1, 0.15) is 0 Å². The Kier molecular flexibility index (Phi) is 4.98. The summed E-state index contributed by atoms with van der Waals surface area (Å²) in [7, 11) is 0. The molecule has 0 heterocycles. The van der Waals surface area contributed by atoms with Crippen LogP contribution in [0.15, 0.2) is 24.3 Å². The van der Waals surface area contributed by atoms with E-state index in [4.69, 9.17) is 0 Å². The predicted molar refractivity (Wildman–Crippen MR) is 69.0 cm³/mol. The van der Waals surface area contributed by atoms with Crippen LogP contribution < -0.4 is 5.32 Å². The molecule has 2 nitrogen and oxygen atoms in total. The lowest BCUT2D eigenvalue weighted by molar-refractivity contribution is -0.129. The molecule has 0 radical (unpaired) electrons. The Bertz CT molecular complexity index is 400. The first-order valence-corrected chi connectivity index (χ1v) is 6.21. The van der Waals surface area contributed by atoms with Crippen LogP contribution in [-0.2, 0) is 5.54 Å². The smallest absolute Gasteiger partial charge is 0.394 e. The van der Waals surface area contributed by atoms with Crippen molar-refractivity contribution in [2.75, 3.05) is 13.2 Å². The third kappa shape index (κ3) is 4.51. The van der Waals surface area contributed by atoms with Gasteiger partial charge in [-0.25, -0.2) is 0 Å². The van der Waals surface area contributed by atoms with Crippen LogP contribution in [0.5, 0.6) is 0 Å². The molecule has 1 atom stereocenters. The third-order valence-corrected chi connectivity index (χ3v) is 3.21. The average Bonchev–Trinajstić information content (AvgIpc) is 2.35. The van der Waals surface area contributed by atoms with Gasteiger partial charge < -0.3 is 5.11 Å². The summed E-state index contributed by atoms with van der Waals surface area (Å²) in [4.78, 5) is 0. The van der Waals surface area contributed by atoms with Crippen LogP contribution in [0, 0.1) is 0 Å². The van der Waals surface area contributed by atoms with Gasteiger partial charge in [-0.15, -0.1) is 0 Å². The first-order valence-electron chi connectivity index (χ1n) is 6.21. The first-order chi connectivity index (χ1) is 8.68. The lowest BCUT2D eigenvalue weighted by atomic mass is 9.90. The Morgan fingerprint density at radius 3 is 2.05 bits per heavy atom. The fourth-order valence-electron chi connectivity index (χ4n) is 1.78. The molecule has 0 aromatic heterocycles. The van der Waals surface area contributed by atoms with Gasteiger partial charge in [-0.1, -0.05) is 38.1 Å². The minimum Gasteiger partial charge on any atom is -0.394 e. The number of halogens is 3. The van der Waals surface area contributed by atoms with Crippen LogP contribution in [0.3, 0.4) is 0 Å². The minimum atomic E-state index is -4.30. The third-order valence-electron chi connectivity index (χ3n) is 3.21. The molecule has 0 bridgehead atoms. The minimum absolute atomic E-state index is 0.359. The van der Waals surface area contributed by atoms with E-state index in [0.29, 0.717) is 11.5 Å². The molecule has 0 aliphatic carbocycles. The van der Waals surface area contributed by atoms with Crippen molar-refractivity contribution >= 4 is 0 Å². The standard InChI is InChI=1S/C14H20F3NO/c1-10(2)11-4-6-12(7-5-11)13(3,9-19)18-8-14(15,16)17/h4-7,10,18-19H,8-9H2,1-3H3. The van der Waals surface area contributed by atoms with Crippen molar-refractivity contribution in [1.29, 1.82) is 0 Å². The molecule has 5 heteroatoms. The molecule has 0 amide bonds. The predicted octanol–water partition coefficient (Wildman–Crippen LogP) is 3.17. The highest BCUT2D eigenvalue weighted by Gasteiger charge is 2.33. The summed E-state index contributed by atoms with van der Waals surface area (Å²) in [6.07, 6.45) is -4.30. The molecule has 0 saturated carbocycles. The van der Waals surface area contributed by atoms with E-state index in [1.165, 1.54) is 0 Å². The topological polar surface area (TPSA) is 32.3 Å². The molecule has 0 fully saturated rings. The fraction of sp³-hybridized carbons (Fsp3) is 0.571. The fourth-order valence-corrected chi connectivity index (χ4v) is 1.78. The second-order valence-corrected chi connectivity index (χ2v) is 5.24. The van der Waals surface area contributed by atoms with Gasteiger partial charge in [-0.3, -0.25) is 5.32 Å². The summed E-state index contributed by atoms with van der Waals surface area (Å²) in [5.41, 5.74) is 0.661. The SMILES string of the molecule is CC(C)c1ccc(C(C)(CO)NCC(F)(F)F)cc1. The molecule has 1 aromatic rings. The number of nitrogens with one attached hydrogen (secondary N) is 1. The zero-order valence-corrected chi connectivity index (χ0v) is 11.4. The summed E-state index contributed by atoms with van der Waals surface area (Å²) in [5.74, 6) is 0.359. The van der Waals surface area contributed by atoms with Crippen molar-refractivity contribution in [2.45, 2.75) is 38.4 Å². The normalized spacial score (nSPS) is 15.6. The number of benzene rings is 1. The Hall–Kier alpha value is -1.07. The van der Waals surface area contributed by atoms with Gasteiger partial charge in [0.2, 0.25) is 0 Å². The molecule has 108 valence electrons. The highest BCUT2D eigenvalue weighted by Crippen LogP contribution is 2.24. The number of aliphatic hydroxyl groups excluding tert-OH is 1. The van der Waals surface area contributed by atoms with E-state index >= 15 is 0 Å². The molecule has 0 spiro atoms. The van der Waals surface area contributed by atoms with Gasteiger partial charge in [0, 0.05) is 0 Å². The van der Waals surface area contributed by atoms with E-state index in [-0.39, 0.29) is 0 Å². The second-order valence-electron chi connectivity index (χ2n) is 5.24. The largest absolute Gasteiger partial charge is 0.401 e. The van der Waals surface area contributed by atoms with Crippen molar-refractivity contribution < 1.29 is 18.3 Å². The lowest BCUT2D eigenvalue weighted by Gasteiger charge is -2.30. The van der Waals surface area contributed by atoms with Crippen LogP contribution in [0.2, 0.25) is 0 Å². The summed E-state index contributed by atoms with van der Waals surface area (Å²) in [6.45, 7) is 4.12. The van der Waals surface area contributed by atoms with E-state index in [9.17, 15) is 18.3 Å². The summed E-state index contributed by atoms with van der Waals surface area (Å²) < 4.78 is 36.8. The molecule has 1 rings (SSSR count). The zero-order valence-electron chi connectivity index (χ0n) is 11.4. The van der Waals surface area contributed by atoms with Gasteiger partial charge in [-0.2, -0.15) is 13.2 Å². The molecule has 1 unspecified atom stereocenters. The Balaban J connectivity index is 2.88. The monoisotopic (exact) mass is 275 g/mol. The summed E-state index contributed by atoms with van der Waals surface area (Å²) >= 11 is 0. The zero-order chi connectivity index (χ0) is 14.7. The maximum atomic E-state index is 12.3. The van der Waals surface area contributed by atoms with Crippen molar-refractivity contribution in [3.8, 4) is 0 Å². The van der Waals surface area contributed by atoms with Crippen molar-refractivity contribution in [2.24, 2.45) is 0 Å². The second kappa shape index (κ2) is 5.92. The van der Waals surface area contributed by atoms with E-state index in [1.807, 2.05) is 26.0 Å². The molecule has 0 aliphatic rings. The molecule has 19 heavy (non-hydrogen) atoms. The van der Waals surface area contributed by atoms with Gasteiger partial charge in [0.25, 0.3) is 0 Å². The van der Waals surface area contributed by atoms with Crippen LogP contribution >= 0.6 is 0 Å². The van der Waals surface area contributed by atoms with Gasteiger partial charge in [0.15, 0.2) is 0 Å². The number of rotatable bonds is 5. The maximum absolute atomic E-state index is 12.3. The maximum Gasteiger partial charge on any atom is 0.401 e. The van der Waals surface area contributed by atoms with E-state index in [1.54, 1.807) is 19.1 Å². The molecule has 2 N–H and O–H groups in total. The lowest BCUT2D eigenvalue weighted by Crippen LogP contribution is -2.47. The van der Waals surface area contributed by atoms with Crippen LogP contribution in [0.25, 0.3) is 0 Å². The molecule has 0 aliphatic heterocycles. The van der Waals surface area contributed by atoms with Crippen LogP contribution in [-0.4, -0.2) is 24.4 Å². The van der Waals surface area contributed by atoms with Crippen molar-refractivity contribution in [3.05, 3.63) is 35.4 Å². The first kappa shape index (κ1) is 16.0. The molecule has 0 saturated heterocycles.